The summed E-state index contributed by atoms with van der Waals surface area (Å²) in [4.78, 5) is 52.0. The summed E-state index contributed by atoms with van der Waals surface area (Å²) in [5.41, 5.74) is -7.83. The van der Waals surface area contributed by atoms with Crippen LogP contribution in [0, 0.1) is 6.92 Å². The van der Waals surface area contributed by atoms with E-state index in [-0.39, 0.29) is 11.1 Å². The van der Waals surface area contributed by atoms with Gasteiger partial charge in [-0.3, -0.25) is 9.59 Å². The Labute approximate surface area is 163 Å². The number of ketones is 2. The van der Waals surface area contributed by atoms with Crippen LogP contribution in [0.15, 0.2) is 30.3 Å². The third kappa shape index (κ3) is 1.92. The van der Waals surface area contributed by atoms with E-state index in [0.717, 1.165) is 25.3 Å². The Hall–Kier alpha value is -3.72. The number of esters is 2. The van der Waals surface area contributed by atoms with Crippen molar-refractivity contribution in [3.63, 3.8) is 0 Å². The van der Waals surface area contributed by atoms with E-state index in [2.05, 4.69) is 4.74 Å². The van der Waals surface area contributed by atoms with Crippen molar-refractivity contribution in [1.82, 2.24) is 0 Å². The van der Waals surface area contributed by atoms with Gasteiger partial charge in [-0.25, -0.2) is 9.59 Å². The van der Waals surface area contributed by atoms with Gasteiger partial charge < -0.3 is 24.8 Å². The molecule has 0 bridgehead atoms. The molecule has 1 aliphatic carbocycles. The Bertz CT molecular complexity index is 1150. The van der Waals surface area contributed by atoms with Crippen LogP contribution in [0.5, 0.6) is 11.5 Å². The molecular weight excluding hydrogens is 384 g/mol. The average Bonchev–Trinajstić information content (AvgIpc) is 3.02. The number of benzene rings is 2. The molecule has 1 spiro atoms. The van der Waals surface area contributed by atoms with Gasteiger partial charge in [-0.05, 0) is 24.6 Å². The minimum absolute atomic E-state index is 0.271. The van der Waals surface area contributed by atoms with Crippen LogP contribution in [0.25, 0.3) is 0 Å². The molecule has 2 aliphatic rings. The highest BCUT2D eigenvalue weighted by Crippen LogP contribution is 2.55. The zero-order chi connectivity index (χ0) is 21.3. The van der Waals surface area contributed by atoms with Crippen molar-refractivity contribution < 1.29 is 44.0 Å². The largest absolute Gasteiger partial charge is 0.507 e. The molecular formula is C20H14O9. The van der Waals surface area contributed by atoms with Crippen LogP contribution >= 0.6 is 0 Å². The Morgan fingerprint density at radius 1 is 1.00 bits per heavy atom. The number of rotatable bonds is 1. The quantitative estimate of drug-likeness (QED) is 0.468. The van der Waals surface area contributed by atoms with Gasteiger partial charge in [0.25, 0.3) is 11.2 Å². The topological polar surface area (TPSA) is 147 Å². The number of methoxy groups -OCH3 is 1. The summed E-state index contributed by atoms with van der Waals surface area (Å²) < 4.78 is 9.79. The molecule has 1 aliphatic heterocycles. The lowest BCUT2D eigenvalue weighted by Gasteiger charge is -2.42. The van der Waals surface area contributed by atoms with Gasteiger partial charge in [0, 0.05) is 5.56 Å². The highest BCUT2D eigenvalue weighted by atomic mass is 16.6. The van der Waals surface area contributed by atoms with Crippen LogP contribution in [0.3, 0.4) is 0 Å². The number of ether oxygens (including phenoxy) is 2. The monoisotopic (exact) mass is 398 g/mol. The van der Waals surface area contributed by atoms with Crippen LogP contribution in [-0.4, -0.2) is 51.5 Å². The van der Waals surface area contributed by atoms with E-state index in [1.807, 2.05) is 0 Å². The van der Waals surface area contributed by atoms with Gasteiger partial charge in [-0.15, -0.1) is 0 Å². The minimum Gasteiger partial charge on any atom is -0.507 e. The summed E-state index contributed by atoms with van der Waals surface area (Å²) in [5.74, 6) is -6.53. The second kappa shape index (κ2) is 5.65. The maximum Gasteiger partial charge on any atom is 0.351 e. The van der Waals surface area contributed by atoms with Crippen LogP contribution < -0.4 is 0 Å². The molecule has 0 aromatic heterocycles. The molecule has 29 heavy (non-hydrogen) atoms. The highest BCUT2D eigenvalue weighted by Gasteiger charge is 2.76. The summed E-state index contributed by atoms with van der Waals surface area (Å²) in [6, 6.07) is 5.99. The molecule has 0 amide bonds. The van der Waals surface area contributed by atoms with E-state index in [4.69, 9.17) is 4.74 Å². The molecule has 3 N–H and O–H groups in total. The number of aliphatic hydroxyl groups is 1. The standard InChI is InChI=1S/C20H14O9/c1-8-6-7-11(22)14-12(8)17(25)29-20(14)16(24)13-9(4-3-5-10(13)21)15(23)19(20,27)18(26)28-2/h3-7,21-22,27H,1-2H3/t19-,20+/m1/s1. The number of aromatic hydroxyl groups is 2. The van der Waals surface area contributed by atoms with Crippen LogP contribution in [-0.2, 0) is 19.9 Å². The molecule has 1 heterocycles. The first kappa shape index (κ1) is 18.6. The SMILES string of the molecule is COC(=O)[C@]1(O)C(=O)c2cccc(O)c2C(=O)[C@]12OC(=O)c1c(C)ccc(O)c12. The number of phenols is 2. The van der Waals surface area contributed by atoms with Crippen LogP contribution in [0.2, 0.25) is 0 Å². The number of fused-ring (bicyclic) bond motifs is 3. The number of carbonyl (C=O) groups excluding carboxylic acids is 4. The lowest BCUT2D eigenvalue weighted by molar-refractivity contribution is -0.176. The van der Waals surface area contributed by atoms with Crippen molar-refractivity contribution in [2.75, 3.05) is 7.11 Å². The highest BCUT2D eigenvalue weighted by molar-refractivity contribution is 6.31. The molecule has 0 saturated carbocycles. The number of phenolic OH excluding ortho intramolecular Hbond substituents is 2. The third-order valence-corrected chi connectivity index (χ3v) is 5.35. The maximum atomic E-state index is 13.5. The van der Waals surface area contributed by atoms with E-state index in [1.54, 1.807) is 0 Å². The summed E-state index contributed by atoms with van der Waals surface area (Å²) in [6.45, 7) is 1.48. The summed E-state index contributed by atoms with van der Waals surface area (Å²) in [6.07, 6.45) is 0. The number of carbonyl (C=O) groups is 4. The van der Waals surface area contributed by atoms with E-state index in [9.17, 15) is 34.5 Å². The fraction of sp³-hybridized carbons (Fsp3) is 0.200. The van der Waals surface area contributed by atoms with E-state index < -0.39 is 62.9 Å². The van der Waals surface area contributed by atoms with Crippen molar-refractivity contribution in [2.24, 2.45) is 0 Å². The molecule has 9 heteroatoms. The number of hydrogen-bond acceptors (Lipinski definition) is 9. The van der Waals surface area contributed by atoms with Crippen LogP contribution in [0.1, 0.15) is 42.2 Å². The Morgan fingerprint density at radius 2 is 1.69 bits per heavy atom. The zero-order valence-electron chi connectivity index (χ0n) is 15.2. The van der Waals surface area contributed by atoms with E-state index in [0.29, 0.717) is 0 Å². The fourth-order valence-electron chi connectivity index (χ4n) is 4.02. The first-order valence-corrected chi connectivity index (χ1v) is 8.41. The van der Waals surface area contributed by atoms with Crippen molar-refractivity contribution in [2.45, 2.75) is 18.1 Å². The van der Waals surface area contributed by atoms with Crippen molar-refractivity contribution >= 4 is 23.5 Å². The molecule has 9 nitrogen and oxygen atoms in total. The Kier molecular flexibility index (Phi) is 3.63. The second-order valence-corrected chi connectivity index (χ2v) is 6.78. The molecule has 0 radical (unpaired) electrons. The second-order valence-electron chi connectivity index (χ2n) is 6.78. The molecule has 4 rings (SSSR count). The first-order valence-electron chi connectivity index (χ1n) is 8.41. The lowest BCUT2D eigenvalue weighted by atomic mass is 9.63. The summed E-state index contributed by atoms with van der Waals surface area (Å²) in [5, 5.41) is 32.0. The number of aryl methyl sites for hydroxylation is 1. The first-order chi connectivity index (χ1) is 13.6. The van der Waals surface area contributed by atoms with Gasteiger partial charge in [0.15, 0.2) is 0 Å². The van der Waals surface area contributed by atoms with Crippen LogP contribution in [0.4, 0.5) is 0 Å². The predicted octanol–water partition coefficient (Wildman–Crippen LogP) is 0.755. The number of hydrogen-bond donors (Lipinski definition) is 3. The number of Topliss-reactive ketones (excluding diaryl/α,β-unsaturated/α-hetero) is 2. The normalized spacial score (nSPS) is 24.9. The smallest absolute Gasteiger partial charge is 0.351 e. The predicted molar refractivity (Wildman–Crippen MR) is 93.7 cm³/mol. The minimum atomic E-state index is -3.33. The zero-order valence-corrected chi connectivity index (χ0v) is 15.2. The van der Waals surface area contributed by atoms with Crippen molar-refractivity contribution in [3.8, 4) is 11.5 Å². The maximum absolute atomic E-state index is 13.5. The molecule has 0 fully saturated rings. The Morgan fingerprint density at radius 3 is 2.34 bits per heavy atom. The fourth-order valence-corrected chi connectivity index (χ4v) is 4.02. The lowest BCUT2D eigenvalue weighted by Crippen LogP contribution is -2.68. The molecule has 0 unspecified atom stereocenters. The van der Waals surface area contributed by atoms with Gasteiger partial charge in [-0.2, -0.15) is 0 Å². The van der Waals surface area contributed by atoms with Gasteiger partial charge in [0.2, 0.25) is 11.6 Å². The molecule has 2 atom stereocenters. The van der Waals surface area contributed by atoms with Gasteiger partial charge in [-0.1, -0.05) is 18.2 Å². The van der Waals surface area contributed by atoms with E-state index >= 15 is 0 Å². The summed E-state index contributed by atoms with van der Waals surface area (Å²) in [7, 11) is 0.873. The molecule has 148 valence electrons. The molecule has 2 aromatic rings. The van der Waals surface area contributed by atoms with Crippen molar-refractivity contribution in [3.05, 3.63) is 58.1 Å². The molecule has 2 aromatic carbocycles. The van der Waals surface area contributed by atoms with Gasteiger partial charge >= 0.3 is 11.9 Å². The van der Waals surface area contributed by atoms with Gasteiger partial charge in [0.1, 0.15) is 11.5 Å². The summed E-state index contributed by atoms with van der Waals surface area (Å²) >= 11 is 0. The van der Waals surface area contributed by atoms with Gasteiger partial charge in [0.05, 0.1) is 23.8 Å². The third-order valence-electron chi connectivity index (χ3n) is 5.35. The average molecular weight is 398 g/mol. The Balaban J connectivity index is 2.21. The molecule has 0 saturated heterocycles. The van der Waals surface area contributed by atoms with Crippen molar-refractivity contribution in [1.29, 1.82) is 0 Å². The van der Waals surface area contributed by atoms with E-state index in [1.165, 1.54) is 19.1 Å².